The largest absolute Gasteiger partial charge is 0.508 e. The van der Waals surface area contributed by atoms with Crippen LogP contribution >= 0.6 is 0 Å². The van der Waals surface area contributed by atoms with Crippen molar-refractivity contribution < 1.29 is 15.3 Å². The maximum Gasteiger partial charge on any atom is 0.121 e. The van der Waals surface area contributed by atoms with E-state index in [-0.39, 0.29) is 18.9 Å². The quantitative estimate of drug-likeness (QED) is 0.624. The minimum Gasteiger partial charge on any atom is -0.508 e. The Morgan fingerprint density at radius 2 is 2.08 bits per heavy atom. The molecule has 0 aliphatic carbocycles. The molecule has 0 spiro atoms. The molecule has 4 heteroatoms. The van der Waals surface area contributed by atoms with E-state index in [2.05, 4.69) is 0 Å². The highest BCUT2D eigenvalue weighted by Crippen LogP contribution is 2.21. The van der Waals surface area contributed by atoms with Crippen LogP contribution in [0.25, 0.3) is 0 Å². The Hall–Kier alpha value is -1.10. The van der Waals surface area contributed by atoms with Gasteiger partial charge in [0.05, 0.1) is 12.7 Å². The third kappa shape index (κ3) is 2.18. The molecule has 1 unspecified atom stereocenters. The monoisotopic (exact) mass is 182 g/mol. The molecule has 1 aromatic carbocycles. The van der Waals surface area contributed by atoms with Crippen LogP contribution in [-0.4, -0.2) is 21.9 Å². The van der Waals surface area contributed by atoms with Gasteiger partial charge < -0.3 is 15.3 Å². The zero-order valence-electron chi connectivity index (χ0n) is 7.07. The lowest BCUT2D eigenvalue weighted by Gasteiger charge is -2.09. The number of hydrogen-bond donors (Lipinski definition) is 3. The minimum atomic E-state index is -0.856. The van der Waals surface area contributed by atoms with Gasteiger partial charge in [-0.25, -0.2) is 0 Å². The van der Waals surface area contributed by atoms with E-state index in [1.54, 1.807) is 0 Å². The van der Waals surface area contributed by atoms with Gasteiger partial charge in [0.15, 0.2) is 0 Å². The maximum absolute atomic E-state index is 9.29. The molecule has 1 rings (SSSR count). The fourth-order valence-electron chi connectivity index (χ4n) is 1.06. The normalized spacial score (nSPS) is 12.8. The van der Waals surface area contributed by atoms with E-state index in [1.807, 2.05) is 0 Å². The van der Waals surface area contributed by atoms with Gasteiger partial charge >= 0.3 is 0 Å². The lowest BCUT2D eigenvalue weighted by molar-refractivity contribution is 0.184. The Morgan fingerprint density at radius 1 is 1.38 bits per heavy atom. The molecule has 71 valence electrons. The zero-order chi connectivity index (χ0) is 9.84. The highest BCUT2D eigenvalue weighted by Gasteiger charge is 2.08. The van der Waals surface area contributed by atoms with Crippen molar-refractivity contribution in [3.05, 3.63) is 29.3 Å². The second-order valence-electron chi connectivity index (χ2n) is 2.77. The highest BCUT2D eigenvalue weighted by molar-refractivity contribution is 5.36. The first kappa shape index (κ1) is 9.98. The van der Waals surface area contributed by atoms with Gasteiger partial charge in [-0.2, -0.15) is 0 Å². The summed E-state index contributed by atoms with van der Waals surface area (Å²) in [7, 11) is 0. The summed E-state index contributed by atoms with van der Waals surface area (Å²) in [5, 5.41) is 27.3. The molecule has 4 nitrogen and oxygen atoms in total. The van der Waals surface area contributed by atoms with E-state index in [0.717, 1.165) is 0 Å². The summed E-state index contributed by atoms with van der Waals surface area (Å²) in [4.78, 5) is 0. The molecule has 4 N–H and O–H groups in total. The summed E-state index contributed by atoms with van der Waals surface area (Å²) >= 11 is 0. The SMILES string of the molecule is [NH]CC(O)c1ccc(O)c(CO)c1. The average Bonchev–Trinajstić information content (AvgIpc) is 2.17. The minimum absolute atomic E-state index is 0.00318. The first-order valence-corrected chi connectivity index (χ1v) is 3.94. The smallest absolute Gasteiger partial charge is 0.121 e. The molecule has 0 amide bonds. The molecule has 0 saturated heterocycles. The molecule has 0 aromatic heterocycles. The van der Waals surface area contributed by atoms with Crippen molar-refractivity contribution >= 4 is 0 Å². The van der Waals surface area contributed by atoms with E-state index in [9.17, 15) is 10.2 Å². The van der Waals surface area contributed by atoms with Crippen molar-refractivity contribution in [1.29, 1.82) is 0 Å². The number of rotatable bonds is 3. The topological polar surface area (TPSA) is 84.5 Å². The van der Waals surface area contributed by atoms with Gasteiger partial charge in [-0.05, 0) is 17.7 Å². The average molecular weight is 182 g/mol. The Labute approximate surface area is 76.2 Å². The number of aliphatic hydroxyl groups is 2. The lowest BCUT2D eigenvalue weighted by atomic mass is 10.1. The van der Waals surface area contributed by atoms with Gasteiger partial charge in [0.25, 0.3) is 0 Å². The molecule has 13 heavy (non-hydrogen) atoms. The molecular weight excluding hydrogens is 170 g/mol. The molecule has 1 radical (unpaired) electrons. The number of aromatic hydroxyl groups is 1. The Kier molecular flexibility index (Phi) is 3.25. The van der Waals surface area contributed by atoms with E-state index in [4.69, 9.17) is 10.8 Å². The van der Waals surface area contributed by atoms with Gasteiger partial charge in [-0.3, -0.25) is 5.73 Å². The molecule has 0 bridgehead atoms. The Balaban J connectivity index is 2.99. The summed E-state index contributed by atoms with van der Waals surface area (Å²) in [6.07, 6.45) is -0.856. The zero-order valence-corrected chi connectivity index (χ0v) is 7.07. The lowest BCUT2D eigenvalue weighted by Crippen LogP contribution is -2.04. The van der Waals surface area contributed by atoms with Crippen LogP contribution in [0.4, 0.5) is 0 Å². The van der Waals surface area contributed by atoms with Gasteiger partial charge in [0.1, 0.15) is 5.75 Å². The molecule has 0 aliphatic heterocycles. The predicted molar refractivity (Wildman–Crippen MR) is 47.0 cm³/mol. The number of aliphatic hydroxyl groups excluding tert-OH is 2. The Morgan fingerprint density at radius 3 is 2.62 bits per heavy atom. The van der Waals surface area contributed by atoms with Gasteiger partial charge in [-0.15, -0.1) is 0 Å². The van der Waals surface area contributed by atoms with Crippen molar-refractivity contribution in [3.63, 3.8) is 0 Å². The van der Waals surface area contributed by atoms with Crippen molar-refractivity contribution in [2.75, 3.05) is 6.54 Å². The molecule has 0 fully saturated rings. The van der Waals surface area contributed by atoms with Crippen LogP contribution in [0.3, 0.4) is 0 Å². The van der Waals surface area contributed by atoms with Crippen LogP contribution in [0.2, 0.25) is 0 Å². The molecule has 0 saturated carbocycles. The van der Waals surface area contributed by atoms with Gasteiger partial charge in [0, 0.05) is 12.1 Å². The number of nitrogens with one attached hydrogen (secondary N) is 1. The van der Waals surface area contributed by atoms with Crippen LogP contribution < -0.4 is 5.73 Å². The second kappa shape index (κ2) is 4.23. The maximum atomic E-state index is 9.29. The van der Waals surface area contributed by atoms with Crippen molar-refractivity contribution in [2.24, 2.45) is 0 Å². The van der Waals surface area contributed by atoms with Crippen LogP contribution in [0, 0.1) is 0 Å². The first-order chi connectivity index (χ1) is 6.19. The fraction of sp³-hybridized carbons (Fsp3) is 0.333. The Bertz CT molecular complexity index is 288. The number of hydrogen-bond acceptors (Lipinski definition) is 3. The van der Waals surface area contributed by atoms with Crippen molar-refractivity contribution in [3.8, 4) is 5.75 Å². The third-order valence-electron chi connectivity index (χ3n) is 1.85. The van der Waals surface area contributed by atoms with Gasteiger partial charge in [-0.1, -0.05) is 6.07 Å². The van der Waals surface area contributed by atoms with E-state index in [1.165, 1.54) is 18.2 Å². The third-order valence-corrected chi connectivity index (χ3v) is 1.85. The summed E-state index contributed by atoms with van der Waals surface area (Å²) in [5.74, 6) is 0.00318. The van der Waals surface area contributed by atoms with E-state index in [0.29, 0.717) is 11.1 Å². The molecule has 0 heterocycles. The molecule has 0 aliphatic rings. The van der Waals surface area contributed by atoms with E-state index >= 15 is 0 Å². The standard InChI is InChI=1S/C9H12NO3/c10-4-9(13)6-1-2-8(12)7(3-6)5-11/h1-3,9-13H,4-5H2. The summed E-state index contributed by atoms with van der Waals surface area (Å²) in [5.41, 5.74) is 7.86. The molecule has 1 aromatic rings. The molecule has 1 atom stereocenters. The van der Waals surface area contributed by atoms with E-state index < -0.39 is 6.10 Å². The van der Waals surface area contributed by atoms with Crippen LogP contribution in [0.1, 0.15) is 17.2 Å². The number of phenols is 1. The summed E-state index contributed by atoms with van der Waals surface area (Å²) in [6.45, 7) is -0.403. The van der Waals surface area contributed by atoms with Crippen LogP contribution in [0.15, 0.2) is 18.2 Å². The summed E-state index contributed by atoms with van der Waals surface area (Å²) < 4.78 is 0. The summed E-state index contributed by atoms with van der Waals surface area (Å²) in [6, 6.07) is 4.43. The van der Waals surface area contributed by atoms with Crippen LogP contribution in [-0.2, 0) is 6.61 Å². The first-order valence-electron chi connectivity index (χ1n) is 3.94. The van der Waals surface area contributed by atoms with Gasteiger partial charge in [0.2, 0.25) is 0 Å². The number of benzene rings is 1. The van der Waals surface area contributed by atoms with Crippen molar-refractivity contribution in [2.45, 2.75) is 12.7 Å². The molecular formula is C9H12NO3. The highest BCUT2D eigenvalue weighted by atomic mass is 16.3. The van der Waals surface area contributed by atoms with Crippen molar-refractivity contribution in [1.82, 2.24) is 5.73 Å². The predicted octanol–water partition coefficient (Wildman–Crippen LogP) is 0.201. The second-order valence-corrected chi connectivity index (χ2v) is 2.77. The fourth-order valence-corrected chi connectivity index (χ4v) is 1.06. The van der Waals surface area contributed by atoms with Crippen LogP contribution in [0.5, 0.6) is 5.75 Å².